The summed E-state index contributed by atoms with van der Waals surface area (Å²) < 4.78 is 5.10. The molecule has 2 aromatic rings. The highest BCUT2D eigenvalue weighted by Crippen LogP contribution is 2.15. The number of urea groups is 1. The number of anilines is 1. The molecule has 0 saturated carbocycles. The van der Waals surface area contributed by atoms with Gasteiger partial charge in [0.25, 0.3) is 0 Å². The summed E-state index contributed by atoms with van der Waals surface area (Å²) in [5.41, 5.74) is 2.26. The predicted octanol–water partition coefficient (Wildman–Crippen LogP) is 1.61. The normalized spacial score (nSPS) is 14.5. The molecule has 3 heterocycles. The van der Waals surface area contributed by atoms with E-state index in [9.17, 15) is 9.59 Å². The molecule has 3 rings (SSSR count). The Balaban J connectivity index is 1.51. The monoisotopic (exact) mass is 343 g/mol. The first-order chi connectivity index (χ1) is 12.0. The van der Waals surface area contributed by atoms with Crippen molar-refractivity contribution in [2.75, 3.05) is 31.5 Å². The van der Waals surface area contributed by atoms with E-state index < -0.39 is 0 Å². The Bertz CT molecular complexity index is 731. The van der Waals surface area contributed by atoms with Crippen LogP contribution >= 0.6 is 0 Å². The number of rotatable bonds is 3. The quantitative estimate of drug-likeness (QED) is 0.914. The number of aryl methyl sites for hydroxylation is 2. The van der Waals surface area contributed by atoms with Gasteiger partial charge in [0.15, 0.2) is 0 Å². The second-order valence-corrected chi connectivity index (χ2v) is 6.02. The van der Waals surface area contributed by atoms with Crippen LogP contribution in [0.5, 0.6) is 0 Å². The molecule has 132 valence electrons. The highest BCUT2D eigenvalue weighted by atomic mass is 16.5. The van der Waals surface area contributed by atoms with Crippen molar-refractivity contribution in [3.63, 3.8) is 0 Å². The molecule has 0 aliphatic carbocycles. The Morgan fingerprint density at radius 1 is 1.20 bits per heavy atom. The second kappa shape index (κ2) is 7.33. The third kappa shape index (κ3) is 3.96. The summed E-state index contributed by atoms with van der Waals surface area (Å²) in [5, 5.41) is 6.68. The van der Waals surface area contributed by atoms with Crippen molar-refractivity contribution in [2.24, 2.45) is 0 Å². The van der Waals surface area contributed by atoms with Crippen molar-refractivity contribution < 1.29 is 14.1 Å². The summed E-state index contributed by atoms with van der Waals surface area (Å²) in [7, 11) is 0. The van der Waals surface area contributed by atoms with Gasteiger partial charge in [0.05, 0.1) is 24.0 Å². The molecular weight excluding hydrogens is 322 g/mol. The van der Waals surface area contributed by atoms with Crippen LogP contribution in [0.1, 0.15) is 17.0 Å². The number of hydrogen-bond donors (Lipinski definition) is 1. The van der Waals surface area contributed by atoms with Crippen molar-refractivity contribution in [2.45, 2.75) is 20.3 Å². The van der Waals surface area contributed by atoms with Gasteiger partial charge in [0, 0.05) is 37.9 Å². The molecule has 1 N–H and O–H groups in total. The van der Waals surface area contributed by atoms with Crippen LogP contribution in [0.4, 0.5) is 10.5 Å². The van der Waals surface area contributed by atoms with Gasteiger partial charge in [-0.1, -0.05) is 5.16 Å². The van der Waals surface area contributed by atoms with Crippen molar-refractivity contribution in [3.05, 3.63) is 41.5 Å². The number of aromatic nitrogens is 2. The summed E-state index contributed by atoms with van der Waals surface area (Å²) in [6, 6.07) is 3.38. The van der Waals surface area contributed by atoms with Gasteiger partial charge in [-0.15, -0.1) is 0 Å². The summed E-state index contributed by atoms with van der Waals surface area (Å²) in [5.74, 6) is 0.710. The SMILES string of the molecule is Cc1noc(C)c1CC(=O)N1CCN(C(=O)Nc2cccnc2)CC1. The number of carbonyl (C=O) groups excluding carboxylic acids is 2. The average molecular weight is 343 g/mol. The van der Waals surface area contributed by atoms with E-state index in [0.29, 0.717) is 37.6 Å². The summed E-state index contributed by atoms with van der Waals surface area (Å²) in [6.07, 6.45) is 3.53. The van der Waals surface area contributed by atoms with Crippen molar-refractivity contribution in [1.29, 1.82) is 0 Å². The molecule has 1 aliphatic rings. The molecule has 0 atom stereocenters. The zero-order valence-electron chi connectivity index (χ0n) is 14.4. The topological polar surface area (TPSA) is 91.6 Å². The lowest BCUT2D eigenvalue weighted by atomic mass is 10.1. The van der Waals surface area contributed by atoms with Crippen LogP contribution in [0.25, 0.3) is 0 Å². The Labute approximate surface area is 145 Å². The van der Waals surface area contributed by atoms with Gasteiger partial charge in [-0.3, -0.25) is 9.78 Å². The van der Waals surface area contributed by atoms with Gasteiger partial charge >= 0.3 is 6.03 Å². The second-order valence-electron chi connectivity index (χ2n) is 6.02. The Morgan fingerprint density at radius 3 is 2.52 bits per heavy atom. The minimum absolute atomic E-state index is 0.0294. The van der Waals surface area contributed by atoms with E-state index >= 15 is 0 Å². The number of amides is 3. The molecule has 8 heteroatoms. The van der Waals surface area contributed by atoms with Crippen LogP contribution < -0.4 is 5.32 Å². The predicted molar refractivity (Wildman–Crippen MR) is 91.1 cm³/mol. The lowest BCUT2D eigenvalue weighted by molar-refractivity contribution is -0.131. The lowest BCUT2D eigenvalue weighted by Gasteiger charge is -2.34. The van der Waals surface area contributed by atoms with E-state index in [1.165, 1.54) is 0 Å². The number of nitrogens with zero attached hydrogens (tertiary/aromatic N) is 4. The van der Waals surface area contributed by atoms with Gasteiger partial charge < -0.3 is 19.6 Å². The maximum Gasteiger partial charge on any atom is 0.322 e. The first-order valence-corrected chi connectivity index (χ1v) is 8.20. The fraction of sp³-hybridized carbons (Fsp3) is 0.412. The minimum Gasteiger partial charge on any atom is -0.361 e. The van der Waals surface area contributed by atoms with Gasteiger partial charge in [0.1, 0.15) is 5.76 Å². The third-order valence-corrected chi connectivity index (χ3v) is 4.34. The first kappa shape index (κ1) is 16.9. The van der Waals surface area contributed by atoms with Gasteiger partial charge in [-0.2, -0.15) is 0 Å². The molecule has 1 saturated heterocycles. The lowest BCUT2D eigenvalue weighted by Crippen LogP contribution is -2.52. The molecule has 3 amide bonds. The van der Waals surface area contributed by atoms with Gasteiger partial charge in [-0.25, -0.2) is 4.79 Å². The van der Waals surface area contributed by atoms with Gasteiger partial charge in [0.2, 0.25) is 5.91 Å². The van der Waals surface area contributed by atoms with Crippen LogP contribution in [-0.4, -0.2) is 58.1 Å². The number of hydrogen-bond acceptors (Lipinski definition) is 5. The standard InChI is InChI=1S/C17H21N5O3/c1-12-15(13(2)25-20-12)10-16(23)21-6-8-22(9-7-21)17(24)19-14-4-3-5-18-11-14/h3-5,11H,6-10H2,1-2H3,(H,19,24). The molecule has 0 radical (unpaired) electrons. The van der Waals surface area contributed by atoms with E-state index in [2.05, 4.69) is 15.5 Å². The Hall–Kier alpha value is -2.90. The molecule has 0 spiro atoms. The highest BCUT2D eigenvalue weighted by molar-refractivity contribution is 5.89. The van der Waals surface area contributed by atoms with Crippen LogP contribution in [0, 0.1) is 13.8 Å². The fourth-order valence-corrected chi connectivity index (χ4v) is 2.82. The van der Waals surface area contributed by atoms with E-state index in [0.717, 1.165) is 11.3 Å². The first-order valence-electron chi connectivity index (χ1n) is 8.20. The summed E-state index contributed by atoms with van der Waals surface area (Å²) in [6.45, 7) is 5.67. The largest absolute Gasteiger partial charge is 0.361 e. The third-order valence-electron chi connectivity index (χ3n) is 4.34. The number of pyridine rings is 1. The molecule has 0 bridgehead atoms. The van der Waals surface area contributed by atoms with E-state index in [1.807, 2.05) is 13.8 Å². The van der Waals surface area contributed by atoms with E-state index in [1.54, 1.807) is 34.3 Å². The Morgan fingerprint density at radius 2 is 1.92 bits per heavy atom. The van der Waals surface area contributed by atoms with Crippen molar-refractivity contribution in [1.82, 2.24) is 19.9 Å². The molecule has 25 heavy (non-hydrogen) atoms. The molecule has 1 fully saturated rings. The Kier molecular flexibility index (Phi) is 4.97. The van der Waals surface area contributed by atoms with Crippen LogP contribution in [0.3, 0.4) is 0 Å². The minimum atomic E-state index is -0.175. The highest BCUT2D eigenvalue weighted by Gasteiger charge is 2.25. The van der Waals surface area contributed by atoms with Crippen LogP contribution in [0.2, 0.25) is 0 Å². The number of carbonyl (C=O) groups is 2. The van der Waals surface area contributed by atoms with Crippen LogP contribution in [-0.2, 0) is 11.2 Å². The van der Waals surface area contributed by atoms with Crippen LogP contribution in [0.15, 0.2) is 29.0 Å². The molecule has 0 aromatic carbocycles. The van der Waals surface area contributed by atoms with Gasteiger partial charge in [-0.05, 0) is 26.0 Å². The average Bonchev–Trinajstić information content (AvgIpc) is 2.94. The molecule has 0 unspecified atom stereocenters. The summed E-state index contributed by atoms with van der Waals surface area (Å²) in [4.78, 5) is 32.2. The molecule has 8 nitrogen and oxygen atoms in total. The number of piperazine rings is 1. The van der Waals surface area contributed by atoms with E-state index in [4.69, 9.17) is 4.52 Å². The zero-order valence-corrected chi connectivity index (χ0v) is 14.4. The van der Waals surface area contributed by atoms with Crippen molar-refractivity contribution in [3.8, 4) is 0 Å². The molecule has 2 aromatic heterocycles. The fourth-order valence-electron chi connectivity index (χ4n) is 2.82. The van der Waals surface area contributed by atoms with Crippen molar-refractivity contribution >= 4 is 17.6 Å². The smallest absolute Gasteiger partial charge is 0.322 e. The molecule has 1 aliphatic heterocycles. The van der Waals surface area contributed by atoms with E-state index in [-0.39, 0.29) is 18.4 Å². The maximum absolute atomic E-state index is 12.5. The number of nitrogens with one attached hydrogen (secondary N) is 1. The maximum atomic E-state index is 12.5. The summed E-state index contributed by atoms with van der Waals surface area (Å²) >= 11 is 0. The zero-order chi connectivity index (χ0) is 17.8. The molecular formula is C17H21N5O3.